The molecule has 0 aliphatic heterocycles. The summed E-state index contributed by atoms with van der Waals surface area (Å²) >= 11 is 0.963. The average molecular weight is 454 g/mol. The fraction of sp³-hybridized carbons (Fsp3) is 0.571. The molecule has 0 saturated carbocycles. The zero-order valence-electron chi connectivity index (χ0n) is 17.8. The Labute approximate surface area is 187 Å². The van der Waals surface area contributed by atoms with Crippen LogP contribution in [0.5, 0.6) is 5.75 Å². The van der Waals surface area contributed by atoms with Gasteiger partial charge in [0.2, 0.25) is 0 Å². The zero-order chi connectivity index (χ0) is 22.6. The van der Waals surface area contributed by atoms with Gasteiger partial charge in [0, 0.05) is 31.7 Å². The van der Waals surface area contributed by atoms with Gasteiger partial charge in [0.15, 0.2) is 5.44 Å². The van der Waals surface area contributed by atoms with Crippen molar-refractivity contribution >= 4 is 24.0 Å². The van der Waals surface area contributed by atoms with E-state index >= 15 is 0 Å². The molecule has 0 radical (unpaired) electrons. The van der Waals surface area contributed by atoms with Gasteiger partial charge in [-0.15, -0.1) is 0 Å². The molecule has 1 atom stereocenters. The van der Waals surface area contributed by atoms with Crippen molar-refractivity contribution in [1.29, 1.82) is 5.26 Å². The van der Waals surface area contributed by atoms with Crippen LogP contribution in [0.2, 0.25) is 0 Å². The van der Waals surface area contributed by atoms with Crippen LogP contribution in [0.25, 0.3) is 0 Å². The first-order chi connectivity index (χ1) is 15.2. The van der Waals surface area contributed by atoms with E-state index in [2.05, 4.69) is 10.6 Å². The number of rotatable bonds is 19. The van der Waals surface area contributed by atoms with Crippen LogP contribution in [-0.2, 0) is 19.0 Å². The van der Waals surface area contributed by atoms with E-state index in [1.54, 1.807) is 24.3 Å². The lowest BCUT2D eigenvalue weighted by Crippen LogP contribution is -2.30. The standard InChI is InChI=1S/C21H31N3O6S/c1-23-7-8-24-21(26)18-5-4-6-19(15-18)30-16-20(31-17-22)29-14-13-28-12-11-27-10-3-2-9-25/h4-6,9,15,20,23H,2-3,7-8,10-14,16H2,1H3,(H,24,26). The van der Waals surface area contributed by atoms with E-state index in [1.807, 2.05) is 12.4 Å². The lowest BCUT2D eigenvalue weighted by Gasteiger charge is -2.16. The van der Waals surface area contributed by atoms with Gasteiger partial charge in [-0.05, 0) is 43.4 Å². The molecule has 1 rings (SSSR count). The molecule has 10 heteroatoms. The Hall–Kier alpha value is -2.16. The molecule has 1 unspecified atom stereocenters. The largest absolute Gasteiger partial charge is 0.490 e. The summed E-state index contributed by atoms with van der Waals surface area (Å²) in [5.41, 5.74) is 0.0158. The van der Waals surface area contributed by atoms with Crippen LogP contribution in [0.3, 0.4) is 0 Å². The van der Waals surface area contributed by atoms with Crippen molar-refractivity contribution in [2.24, 2.45) is 0 Å². The molecule has 2 N–H and O–H groups in total. The maximum atomic E-state index is 12.1. The molecular formula is C21H31N3O6S. The maximum absolute atomic E-state index is 12.1. The highest BCUT2D eigenvalue weighted by Crippen LogP contribution is 2.17. The monoisotopic (exact) mass is 453 g/mol. The van der Waals surface area contributed by atoms with Crippen molar-refractivity contribution in [1.82, 2.24) is 10.6 Å². The summed E-state index contributed by atoms with van der Waals surface area (Å²) < 4.78 is 22.1. The first-order valence-corrected chi connectivity index (χ1v) is 11.0. The second kappa shape index (κ2) is 18.6. The third kappa shape index (κ3) is 13.7. The predicted octanol–water partition coefficient (Wildman–Crippen LogP) is 1.58. The number of carbonyl (C=O) groups is 2. The molecule has 31 heavy (non-hydrogen) atoms. The van der Waals surface area contributed by atoms with Crippen LogP contribution in [-0.4, -0.2) is 77.4 Å². The van der Waals surface area contributed by atoms with E-state index in [0.717, 1.165) is 18.0 Å². The van der Waals surface area contributed by atoms with Crippen LogP contribution in [0.15, 0.2) is 24.3 Å². The minimum atomic E-state index is -0.485. The Morgan fingerprint density at radius 2 is 1.97 bits per heavy atom. The van der Waals surface area contributed by atoms with Crippen LogP contribution < -0.4 is 15.4 Å². The Bertz CT molecular complexity index is 671. The third-order valence-corrected chi connectivity index (χ3v) is 4.48. The number of carbonyl (C=O) groups excluding carboxylic acids is 2. The fourth-order valence-electron chi connectivity index (χ4n) is 2.30. The number of aldehydes is 1. The number of amides is 1. The predicted molar refractivity (Wildman–Crippen MR) is 118 cm³/mol. The highest BCUT2D eigenvalue weighted by molar-refractivity contribution is 8.04. The summed E-state index contributed by atoms with van der Waals surface area (Å²) in [4.78, 5) is 22.3. The number of thioether (sulfide) groups is 1. The summed E-state index contributed by atoms with van der Waals surface area (Å²) in [6.45, 7) is 3.47. The van der Waals surface area contributed by atoms with E-state index < -0.39 is 5.44 Å². The van der Waals surface area contributed by atoms with Gasteiger partial charge < -0.3 is 34.4 Å². The SMILES string of the molecule is CNCCNC(=O)c1cccc(OCC(OCCOCCOCCCC=O)SC#N)c1. The van der Waals surface area contributed by atoms with E-state index in [0.29, 0.717) is 70.3 Å². The van der Waals surface area contributed by atoms with Crippen LogP contribution in [0.4, 0.5) is 0 Å². The number of hydrogen-bond acceptors (Lipinski definition) is 9. The maximum Gasteiger partial charge on any atom is 0.251 e. The summed E-state index contributed by atoms with van der Waals surface area (Å²) in [5.74, 6) is 0.348. The second-order valence-electron chi connectivity index (χ2n) is 6.24. The third-order valence-electron chi connectivity index (χ3n) is 3.84. The number of ether oxygens (including phenoxy) is 4. The molecule has 1 aromatic rings. The molecule has 172 valence electrons. The van der Waals surface area contributed by atoms with Gasteiger partial charge in [-0.2, -0.15) is 5.26 Å². The van der Waals surface area contributed by atoms with Crippen molar-refractivity contribution in [2.75, 3.05) is 59.8 Å². The smallest absolute Gasteiger partial charge is 0.251 e. The van der Waals surface area contributed by atoms with Crippen molar-refractivity contribution in [3.05, 3.63) is 29.8 Å². The van der Waals surface area contributed by atoms with Gasteiger partial charge in [-0.3, -0.25) is 4.79 Å². The molecule has 0 fully saturated rings. The molecule has 0 heterocycles. The number of unbranched alkanes of at least 4 members (excludes halogenated alkanes) is 1. The first kappa shape index (κ1) is 26.9. The van der Waals surface area contributed by atoms with Gasteiger partial charge >= 0.3 is 0 Å². The van der Waals surface area contributed by atoms with E-state index in [9.17, 15) is 9.59 Å². The molecule has 1 amide bonds. The number of nitrogens with one attached hydrogen (secondary N) is 2. The van der Waals surface area contributed by atoms with Crippen molar-refractivity contribution in [3.63, 3.8) is 0 Å². The molecule has 9 nitrogen and oxygen atoms in total. The highest BCUT2D eigenvalue weighted by atomic mass is 32.2. The first-order valence-electron chi connectivity index (χ1n) is 10.1. The number of nitriles is 1. The van der Waals surface area contributed by atoms with E-state index in [-0.39, 0.29) is 12.5 Å². The summed E-state index contributed by atoms with van der Waals surface area (Å²) in [6.07, 6.45) is 2.09. The van der Waals surface area contributed by atoms with E-state index in [4.69, 9.17) is 24.2 Å². The number of benzene rings is 1. The lowest BCUT2D eigenvalue weighted by atomic mass is 10.2. The number of nitrogens with zero attached hydrogens (tertiary/aromatic N) is 1. The molecule has 0 aliphatic rings. The Morgan fingerprint density at radius 1 is 1.19 bits per heavy atom. The lowest BCUT2D eigenvalue weighted by molar-refractivity contribution is -0.108. The molecular weight excluding hydrogens is 422 g/mol. The number of likely N-dealkylation sites (N-methyl/N-ethyl adjacent to an activating group) is 1. The van der Waals surface area contributed by atoms with Crippen LogP contribution in [0.1, 0.15) is 23.2 Å². The molecule has 0 aromatic heterocycles. The average Bonchev–Trinajstić information content (AvgIpc) is 2.79. The Balaban J connectivity index is 2.27. The fourth-order valence-corrected chi connectivity index (χ4v) is 2.72. The van der Waals surface area contributed by atoms with Gasteiger partial charge in [-0.1, -0.05) is 6.07 Å². The molecule has 0 saturated heterocycles. The summed E-state index contributed by atoms with van der Waals surface area (Å²) in [7, 11) is 1.82. The topological polar surface area (TPSA) is 119 Å². The van der Waals surface area contributed by atoms with Gasteiger partial charge in [-0.25, -0.2) is 0 Å². The second-order valence-corrected chi connectivity index (χ2v) is 7.19. The van der Waals surface area contributed by atoms with Gasteiger partial charge in [0.1, 0.15) is 24.0 Å². The summed E-state index contributed by atoms with van der Waals surface area (Å²) in [5, 5.41) is 16.7. The van der Waals surface area contributed by atoms with Crippen molar-refractivity contribution in [2.45, 2.75) is 18.3 Å². The summed E-state index contributed by atoms with van der Waals surface area (Å²) in [6, 6.07) is 6.85. The molecule has 0 spiro atoms. The number of thiocyanates is 1. The normalized spacial score (nSPS) is 11.5. The molecule has 0 bridgehead atoms. The van der Waals surface area contributed by atoms with Crippen molar-refractivity contribution in [3.8, 4) is 11.2 Å². The Morgan fingerprint density at radius 3 is 2.71 bits per heavy atom. The minimum absolute atomic E-state index is 0.156. The van der Waals surface area contributed by atoms with Crippen molar-refractivity contribution < 1.29 is 28.5 Å². The van der Waals surface area contributed by atoms with Crippen LogP contribution >= 0.6 is 11.8 Å². The highest BCUT2D eigenvalue weighted by Gasteiger charge is 2.12. The van der Waals surface area contributed by atoms with Gasteiger partial charge in [0.25, 0.3) is 5.91 Å². The van der Waals surface area contributed by atoms with Gasteiger partial charge in [0.05, 0.1) is 26.4 Å². The molecule has 1 aromatic carbocycles. The zero-order valence-corrected chi connectivity index (χ0v) is 18.7. The molecule has 0 aliphatic carbocycles. The van der Waals surface area contributed by atoms with Crippen LogP contribution in [0, 0.1) is 10.7 Å². The number of hydrogen-bond donors (Lipinski definition) is 2. The van der Waals surface area contributed by atoms with E-state index in [1.165, 1.54) is 0 Å². The minimum Gasteiger partial charge on any atom is -0.490 e. The Kier molecular flexibility index (Phi) is 16.1. The quantitative estimate of drug-likeness (QED) is 0.139.